The van der Waals surface area contributed by atoms with E-state index in [1.54, 1.807) is 12.1 Å². The number of hydrogen-bond donors (Lipinski definition) is 1. The van der Waals surface area contributed by atoms with Crippen molar-refractivity contribution in [3.63, 3.8) is 0 Å². The zero-order chi connectivity index (χ0) is 22.6. The third-order valence-electron chi connectivity index (χ3n) is 6.53. The minimum atomic E-state index is -0.0989. The van der Waals surface area contributed by atoms with Gasteiger partial charge in [-0.15, -0.1) is 0 Å². The molecular formula is C25H28ClN5O2. The number of halogens is 1. The van der Waals surface area contributed by atoms with Gasteiger partial charge in [0, 0.05) is 54.1 Å². The van der Waals surface area contributed by atoms with E-state index < -0.39 is 0 Å². The highest BCUT2D eigenvalue weighted by Crippen LogP contribution is 2.32. The van der Waals surface area contributed by atoms with Gasteiger partial charge in [-0.2, -0.15) is 4.98 Å². The number of benzene rings is 2. The van der Waals surface area contributed by atoms with E-state index in [-0.39, 0.29) is 6.03 Å². The molecule has 7 nitrogen and oxygen atoms in total. The van der Waals surface area contributed by atoms with E-state index in [9.17, 15) is 4.79 Å². The van der Waals surface area contributed by atoms with Gasteiger partial charge in [0.15, 0.2) is 0 Å². The van der Waals surface area contributed by atoms with Crippen LogP contribution in [-0.4, -0.2) is 47.3 Å². The number of carbonyl (C=O) groups is 1. The zero-order valence-electron chi connectivity index (χ0n) is 18.5. The van der Waals surface area contributed by atoms with Crippen molar-refractivity contribution < 1.29 is 9.32 Å². The molecule has 8 heteroatoms. The van der Waals surface area contributed by atoms with E-state index in [4.69, 9.17) is 16.1 Å². The molecule has 0 atom stereocenters. The summed E-state index contributed by atoms with van der Waals surface area (Å²) in [6, 6.07) is 15.4. The van der Waals surface area contributed by atoms with E-state index in [2.05, 4.69) is 32.5 Å². The maximum Gasteiger partial charge on any atom is 0.321 e. The second-order valence-corrected chi connectivity index (χ2v) is 9.19. The molecule has 172 valence electrons. The SMILES string of the molecule is O=C(Nc1cccc(Cl)c1)N1CCN(c2ccc(-c3noc(C4CCCCC4)n3)cc2)CC1. The molecule has 1 N–H and O–H groups in total. The van der Waals surface area contributed by atoms with Crippen molar-refractivity contribution in [1.82, 2.24) is 15.0 Å². The largest absolute Gasteiger partial charge is 0.368 e. The van der Waals surface area contributed by atoms with Gasteiger partial charge in [0.1, 0.15) is 0 Å². The lowest BCUT2D eigenvalue weighted by Crippen LogP contribution is -2.50. The molecule has 2 aliphatic rings. The predicted octanol–water partition coefficient (Wildman–Crippen LogP) is 5.79. The summed E-state index contributed by atoms with van der Waals surface area (Å²) in [6.45, 7) is 2.86. The smallest absolute Gasteiger partial charge is 0.321 e. The van der Waals surface area contributed by atoms with Gasteiger partial charge in [-0.1, -0.05) is 42.1 Å². The van der Waals surface area contributed by atoms with Crippen LogP contribution in [0.4, 0.5) is 16.2 Å². The van der Waals surface area contributed by atoms with Crippen LogP contribution >= 0.6 is 11.6 Å². The number of carbonyl (C=O) groups excluding carboxylic acids is 1. The van der Waals surface area contributed by atoms with Crippen LogP contribution in [0.2, 0.25) is 5.02 Å². The number of aromatic nitrogens is 2. The molecule has 2 fully saturated rings. The van der Waals surface area contributed by atoms with Gasteiger partial charge in [0.25, 0.3) is 0 Å². The van der Waals surface area contributed by atoms with Crippen molar-refractivity contribution in [2.75, 3.05) is 36.4 Å². The third-order valence-corrected chi connectivity index (χ3v) is 6.76. The number of hydrogen-bond acceptors (Lipinski definition) is 5. The number of urea groups is 1. The molecule has 5 rings (SSSR count). The van der Waals surface area contributed by atoms with E-state index >= 15 is 0 Å². The van der Waals surface area contributed by atoms with Gasteiger partial charge in [0.2, 0.25) is 11.7 Å². The zero-order valence-corrected chi connectivity index (χ0v) is 19.3. The minimum absolute atomic E-state index is 0.0989. The van der Waals surface area contributed by atoms with Crippen molar-refractivity contribution in [2.24, 2.45) is 0 Å². The number of rotatable bonds is 4. The Balaban J connectivity index is 1.16. The number of amides is 2. The van der Waals surface area contributed by atoms with Gasteiger partial charge in [0.05, 0.1) is 0 Å². The first kappa shape index (κ1) is 21.8. The Labute approximate surface area is 198 Å². The maximum atomic E-state index is 12.6. The fourth-order valence-corrected chi connectivity index (χ4v) is 4.82. The van der Waals surface area contributed by atoms with Crippen molar-refractivity contribution in [3.8, 4) is 11.4 Å². The average molecular weight is 466 g/mol. The lowest BCUT2D eigenvalue weighted by Gasteiger charge is -2.36. The van der Waals surface area contributed by atoms with E-state index in [0.29, 0.717) is 35.5 Å². The van der Waals surface area contributed by atoms with Gasteiger partial charge >= 0.3 is 6.03 Å². The summed E-state index contributed by atoms with van der Waals surface area (Å²) in [5.74, 6) is 1.84. The Bertz CT molecular complexity index is 1090. The first-order chi connectivity index (χ1) is 16.2. The summed E-state index contributed by atoms with van der Waals surface area (Å²) in [4.78, 5) is 21.4. The first-order valence-corrected chi connectivity index (χ1v) is 12.0. The van der Waals surface area contributed by atoms with Gasteiger partial charge in [-0.25, -0.2) is 4.79 Å². The molecule has 1 aliphatic carbocycles. The first-order valence-electron chi connectivity index (χ1n) is 11.7. The molecule has 2 amide bonds. The number of nitrogens with one attached hydrogen (secondary N) is 1. The van der Waals surface area contributed by atoms with Gasteiger partial charge in [-0.3, -0.25) is 0 Å². The molecule has 1 aromatic heterocycles. The van der Waals surface area contributed by atoms with Crippen LogP contribution < -0.4 is 10.2 Å². The Morgan fingerprint density at radius 2 is 1.76 bits per heavy atom. The van der Waals surface area contributed by atoms with E-state index in [0.717, 1.165) is 43.1 Å². The summed E-state index contributed by atoms with van der Waals surface area (Å²) in [6.07, 6.45) is 6.08. The average Bonchev–Trinajstić information content (AvgIpc) is 3.35. The molecule has 33 heavy (non-hydrogen) atoms. The van der Waals surface area contributed by atoms with Crippen LogP contribution in [0.5, 0.6) is 0 Å². The predicted molar refractivity (Wildman–Crippen MR) is 130 cm³/mol. The highest BCUT2D eigenvalue weighted by Gasteiger charge is 2.23. The number of piperazine rings is 1. The normalized spacial score (nSPS) is 17.2. The standard InChI is InChI=1S/C25H28ClN5O2/c26-20-7-4-8-21(17-20)27-25(32)31-15-13-30(14-16-31)22-11-9-18(10-12-22)23-28-24(33-29-23)19-5-2-1-3-6-19/h4,7-12,17,19H,1-3,5-6,13-16H2,(H,27,32). The molecular weight excluding hydrogens is 438 g/mol. The number of nitrogens with zero attached hydrogens (tertiary/aromatic N) is 4. The molecule has 2 aromatic carbocycles. The van der Waals surface area contributed by atoms with Gasteiger partial charge < -0.3 is 19.6 Å². The van der Waals surface area contributed by atoms with Crippen molar-refractivity contribution in [2.45, 2.75) is 38.0 Å². The lowest BCUT2D eigenvalue weighted by atomic mass is 9.89. The summed E-state index contributed by atoms with van der Waals surface area (Å²) in [5.41, 5.74) is 2.80. The molecule has 0 spiro atoms. The Morgan fingerprint density at radius 1 is 1.00 bits per heavy atom. The van der Waals surface area contributed by atoms with E-state index in [1.807, 2.05) is 29.2 Å². The highest BCUT2D eigenvalue weighted by molar-refractivity contribution is 6.30. The third kappa shape index (κ3) is 5.14. The fourth-order valence-electron chi connectivity index (χ4n) is 4.63. The lowest BCUT2D eigenvalue weighted by molar-refractivity contribution is 0.208. The summed E-state index contributed by atoms with van der Waals surface area (Å²) < 4.78 is 5.57. The fraction of sp³-hybridized carbons (Fsp3) is 0.400. The Hall–Kier alpha value is -3.06. The monoisotopic (exact) mass is 465 g/mol. The second-order valence-electron chi connectivity index (χ2n) is 8.75. The molecule has 2 heterocycles. The van der Waals surface area contributed by atoms with Crippen LogP contribution in [0.3, 0.4) is 0 Å². The molecule has 1 saturated heterocycles. The van der Waals surface area contributed by atoms with Gasteiger partial charge in [-0.05, 0) is 55.3 Å². The summed E-state index contributed by atoms with van der Waals surface area (Å²) in [7, 11) is 0. The minimum Gasteiger partial charge on any atom is -0.368 e. The van der Waals surface area contributed by atoms with Crippen LogP contribution in [-0.2, 0) is 0 Å². The van der Waals surface area contributed by atoms with Crippen LogP contribution in [0.25, 0.3) is 11.4 Å². The molecule has 0 unspecified atom stereocenters. The van der Waals surface area contributed by atoms with Crippen LogP contribution in [0, 0.1) is 0 Å². The maximum absolute atomic E-state index is 12.6. The van der Waals surface area contributed by atoms with Crippen molar-refractivity contribution in [3.05, 3.63) is 59.4 Å². The Morgan fingerprint density at radius 3 is 2.48 bits per heavy atom. The summed E-state index contributed by atoms with van der Waals surface area (Å²) in [5, 5.41) is 7.74. The molecule has 0 bridgehead atoms. The second kappa shape index (κ2) is 9.83. The number of anilines is 2. The quantitative estimate of drug-likeness (QED) is 0.527. The van der Waals surface area contributed by atoms with E-state index in [1.165, 1.54) is 19.3 Å². The molecule has 3 aromatic rings. The van der Waals surface area contributed by atoms with Crippen molar-refractivity contribution >= 4 is 29.0 Å². The highest BCUT2D eigenvalue weighted by atomic mass is 35.5. The molecule has 1 aliphatic heterocycles. The Kier molecular flexibility index (Phi) is 6.48. The van der Waals surface area contributed by atoms with Crippen molar-refractivity contribution in [1.29, 1.82) is 0 Å². The summed E-state index contributed by atoms with van der Waals surface area (Å²) >= 11 is 6.00. The van der Waals surface area contributed by atoms with Crippen LogP contribution in [0.15, 0.2) is 53.1 Å². The van der Waals surface area contributed by atoms with Crippen LogP contribution in [0.1, 0.15) is 43.9 Å². The topological polar surface area (TPSA) is 74.5 Å². The molecule has 0 radical (unpaired) electrons. The molecule has 1 saturated carbocycles.